The SMILES string of the molecule is COc1ccc2c(c1)nc(N)n2C1CCCS(=O)(=O)C1. The van der Waals surface area contributed by atoms with E-state index >= 15 is 0 Å². The van der Waals surface area contributed by atoms with Gasteiger partial charge < -0.3 is 15.0 Å². The summed E-state index contributed by atoms with van der Waals surface area (Å²) in [6, 6.07) is 5.38. The first-order valence-electron chi connectivity index (χ1n) is 6.52. The molecule has 1 fully saturated rings. The number of nitrogen functional groups attached to an aromatic ring is 1. The number of nitrogens with two attached hydrogens (primary N) is 1. The van der Waals surface area contributed by atoms with Crippen LogP contribution in [-0.2, 0) is 9.84 Å². The largest absolute Gasteiger partial charge is 0.497 e. The molecule has 0 saturated carbocycles. The van der Waals surface area contributed by atoms with E-state index in [-0.39, 0.29) is 17.5 Å². The third-order valence-electron chi connectivity index (χ3n) is 3.73. The van der Waals surface area contributed by atoms with Gasteiger partial charge in [0.2, 0.25) is 5.95 Å². The van der Waals surface area contributed by atoms with Gasteiger partial charge in [0.15, 0.2) is 9.84 Å². The maximum absolute atomic E-state index is 11.8. The van der Waals surface area contributed by atoms with Crippen molar-refractivity contribution in [1.82, 2.24) is 9.55 Å². The van der Waals surface area contributed by atoms with Crippen molar-refractivity contribution in [1.29, 1.82) is 0 Å². The third kappa shape index (κ3) is 2.22. The quantitative estimate of drug-likeness (QED) is 0.904. The number of anilines is 1. The van der Waals surface area contributed by atoms with Crippen molar-refractivity contribution in [3.8, 4) is 5.75 Å². The van der Waals surface area contributed by atoms with Crippen LogP contribution in [0.2, 0.25) is 0 Å². The molecule has 0 bridgehead atoms. The molecule has 3 rings (SSSR count). The van der Waals surface area contributed by atoms with Crippen molar-refractivity contribution in [2.45, 2.75) is 18.9 Å². The van der Waals surface area contributed by atoms with E-state index in [2.05, 4.69) is 4.98 Å². The lowest BCUT2D eigenvalue weighted by Gasteiger charge is -2.24. The molecule has 108 valence electrons. The zero-order valence-electron chi connectivity index (χ0n) is 11.2. The second-order valence-electron chi connectivity index (χ2n) is 5.11. The molecule has 2 N–H and O–H groups in total. The van der Waals surface area contributed by atoms with Gasteiger partial charge in [-0.3, -0.25) is 0 Å². The van der Waals surface area contributed by atoms with E-state index in [4.69, 9.17) is 10.5 Å². The van der Waals surface area contributed by atoms with Gasteiger partial charge >= 0.3 is 0 Å². The second kappa shape index (κ2) is 4.66. The number of nitrogens with zero attached hydrogens (tertiary/aromatic N) is 2. The topological polar surface area (TPSA) is 87.2 Å². The third-order valence-corrected chi connectivity index (χ3v) is 5.53. The highest BCUT2D eigenvalue weighted by molar-refractivity contribution is 7.91. The van der Waals surface area contributed by atoms with E-state index in [1.807, 2.05) is 16.7 Å². The summed E-state index contributed by atoms with van der Waals surface area (Å²) in [5, 5.41) is 0. The van der Waals surface area contributed by atoms with Crippen LogP contribution in [0.4, 0.5) is 5.95 Å². The molecule has 0 aliphatic carbocycles. The molecule has 0 radical (unpaired) electrons. The Labute approximate surface area is 117 Å². The van der Waals surface area contributed by atoms with Gasteiger partial charge in [0.1, 0.15) is 5.75 Å². The van der Waals surface area contributed by atoms with Crippen LogP contribution in [-0.4, -0.2) is 36.6 Å². The first-order chi connectivity index (χ1) is 9.50. The van der Waals surface area contributed by atoms with Crippen LogP contribution in [0.5, 0.6) is 5.75 Å². The van der Waals surface area contributed by atoms with Crippen LogP contribution in [0.3, 0.4) is 0 Å². The average molecular weight is 295 g/mol. The lowest BCUT2D eigenvalue weighted by molar-refractivity contribution is 0.415. The molecule has 1 atom stereocenters. The van der Waals surface area contributed by atoms with Crippen molar-refractivity contribution in [2.24, 2.45) is 0 Å². The van der Waals surface area contributed by atoms with Gasteiger partial charge in [-0.25, -0.2) is 13.4 Å². The Bertz CT molecular complexity index is 752. The fourth-order valence-electron chi connectivity index (χ4n) is 2.81. The number of sulfone groups is 1. The van der Waals surface area contributed by atoms with E-state index in [9.17, 15) is 8.42 Å². The number of fused-ring (bicyclic) bond motifs is 1. The molecule has 0 amide bonds. The smallest absolute Gasteiger partial charge is 0.201 e. The second-order valence-corrected chi connectivity index (χ2v) is 7.33. The number of hydrogen-bond donors (Lipinski definition) is 1. The van der Waals surface area contributed by atoms with Crippen LogP contribution in [0.25, 0.3) is 11.0 Å². The number of imidazole rings is 1. The summed E-state index contributed by atoms with van der Waals surface area (Å²) in [5.74, 6) is 1.47. The van der Waals surface area contributed by atoms with Crippen molar-refractivity contribution < 1.29 is 13.2 Å². The molecule has 1 aromatic heterocycles. The van der Waals surface area contributed by atoms with E-state index in [0.29, 0.717) is 18.1 Å². The predicted molar refractivity (Wildman–Crippen MR) is 77.6 cm³/mol. The van der Waals surface area contributed by atoms with E-state index < -0.39 is 9.84 Å². The minimum atomic E-state index is -2.99. The highest BCUT2D eigenvalue weighted by Gasteiger charge is 2.28. The van der Waals surface area contributed by atoms with Gasteiger partial charge in [-0.2, -0.15) is 0 Å². The molecule has 1 aromatic carbocycles. The summed E-state index contributed by atoms with van der Waals surface area (Å²) in [4.78, 5) is 4.31. The average Bonchev–Trinajstić information content (AvgIpc) is 2.72. The molecular formula is C13H17N3O3S. The Morgan fingerprint density at radius 2 is 2.25 bits per heavy atom. The number of ether oxygens (including phenoxy) is 1. The molecule has 2 heterocycles. The van der Waals surface area contributed by atoms with Crippen molar-refractivity contribution in [3.05, 3.63) is 18.2 Å². The van der Waals surface area contributed by atoms with Gasteiger partial charge in [-0.15, -0.1) is 0 Å². The van der Waals surface area contributed by atoms with E-state index in [1.54, 1.807) is 13.2 Å². The van der Waals surface area contributed by atoms with Crippen molar-refractivity contribution >= 4 is 26.8 Å². The summed E-state index contributed by atoms with van der Waals surface area (Å²) in [6.45, 7) is 0. The molecule has 1 aliphatic heterocycles. The number of benzene rings is 1. The highest BCUT2D eigenvalue weighted by Crippen LogP contribution is 2.31. The number of aromatic nitrogens is 2. The summed E-state index contributed by atoms with van der Waals surface area (Å²) in [6.07, 6.45) is 1.48. The Balaban J connectivity index is 2.09. The van der Waals surface area contributed by atoms with Crippen LogP contribution in [0.15, 0.2) is 18.2 Å². The summed E-state index contributed by atoms with van der Waals surface area (Å²) in [7, 11) is -1.39. The molecule has 6 nitrogen and oxygen atoms in total. The molecular weight excluding hydrogens is 278 g/mol. The summed E-state index contributed by atoms with van der Waals surface area (Å²) in [5.41, 5.74) is 7.56. The molecule has 1 unspecified atom stereocenters. The monoisotopic (exact) mass is 295 g/mol. The van der Waals surface area contributed by atoms with Crippen LogP contribution in [0, 0.1) is 0 Å². The zero-order chi connectivity index (χ0) is 14.3. The van der Waals surface area contributed by atoms with Gasteiger partial charge in [0.05, 0.1) is 35.7 Å². The minimum absolute atomic E-state index is 0.132. The van der Waals surface area contributed by atoms with Gasteiger partial charge in [-0.05, 0) is 25.0 Å². The Morgan fingerprint density at radius 3 is 2.95 bits per heavy atom. The van der Waals surface area contributed by atoms with Gasteiger partial charge in [-0.1, -0.05) is 0 Å². The fourth-order valence-corrected chi connectivity index (χ4v) is 4.49. The molecule has 0 spiro atoms. The molecule has 1 aliphatic rings. The summed E-state index contributed by atoms with van der Waals surface area (Å²) < 4.78 is 30.6. The van der Waals surface area contributed by atoms with Gasteiger partial charge in [0, 0.05) is 6.07 Å². The van der Waals surface area contributed by atoms with Crippen molar-refractivity contribution in [2.75, 3.05) is 24.3 Å². The van der Waals surface area contributed by atoms with Crippen LogP contribution < -0.4 is 10.5 Å². The summed E-state index contributed by atoms with van der Waals surface area (Å²) >= 11 is 0. The normalized spacial score (nSPS) is 21.9. The standard InChI is InChI=1S/C13H17N3O3S/c1-19-10-4-5-12-11(7-10)15-13(14)16(12)9-3-2-6-20(17,18)8-9/h4-5,7,9H,2-3,6,8H2,1H3,(H2,14,15). The molecule has 7 heteroatoms. The van der Waals surface area contributed by atoms with E-state index in [1.165, 1.54) is 0 Å². The van der Waals surface area contributed by atoms with E-state index in [0.717, 1.165) is 17.5 Å². The molecule has 1 saturated heterocycles. The number of methoxy groups -OCH3 is 1. The first-order valence-corrected chi connectivity index (χ1v) is 8.34. The maximum atomic E-state index is 11.8. The Hall–Kier alpha value is -1.76. The Morgan fingerprint density at radius 1 is 1.45 bits per heavy atom. The van der Waals surface area contributed by atoms with Crippen LogP contribution in [0.1, 0.15) is 18.9 Å². The number of hydrogen-bond acceptors (Lipinski definition) is 5. The fraction of sp³-hybridized carbons (Fsp3) is 0.462. The predicted octanol–water partition coefficient (Wildman–Crippen LogP) is 1.38. The lowest BCUT2D eigenvalue weighted by Crippen LogP contribution is -2.28. The Kier molecular flexibility index (Phi) is 3.08. The highest BCUT2D eigenvalue weighted by atomic mass is 32.2. The van der Waals surface area contributed by atoms with Gasteiger partial charge in [0.25, 0.3) is 0 Å². The number of rotatable bonds is 2. The molecule has 20 heavy (non-hydrogen) atoms. The molecule has 2 aromatic rings. The lowest BCUT2D eigenvalue weighted by atomic mass is 10.1. The van der Waals surface area contributed by atoms with Crippen molar-refractivity contribution in [3.63, 3.8) is 0 Å². The van der Waals surface area contributed by atoms with Crippen LogP contribution >= 0.6 is 0 Å². The minimum Gasteiger partial charge on any atom is -0.497 e. The zero-order valence-corrected chi connectivity index (χ0v) is 12.1. The first kappa shape index (κ1) is 13.2. The maximum Gasteiger partial charge on any atom is 0.201 e.